The van der Waals surface area contributed by atoms with Crippen LogP contribution >= 0.6 is 11.8 Å². The molecule has 0 atom stereocenters. The zero-order valence-electron chi connectivity index (χ0n) is 15.4. The molecule has 5 heteroatoms. The summed E-state index contributed by atoms with van der Waals surface area (Å²) in [5.74, 6) is 1.13. The third-order valence-corrected chi connectivity index (χ3v) is 5.16. The predicted molar refractivity (Wildman–Crippen MR) is 113 cm³/mol. The number of carbonyl (C=O) groups is 1. The largest absolute Gasteiger partial charge is 0.293 e. The second-order valence-electron chi connectivity index (χ2n) is 6.41. The van der Waals surface area contributed by atoms with E-state index in [0.717, 1.165) is 22.6 Å². The summed E-state index contributed by atoms with van der Waals surface area (Å²) in [6, 6.07) is 27.5. The second-order valence-corrected chi connectivity index (χ2v) is 7.35. The summed E-state index contributed by atoms with van der Waals surface area (Å²) in [6.07, 6.45) is 0. The van der Waals surface area contributed by atoms with E-state index in [1.807, 2.05) is 96.5 Å². The lowest BCUT2D eigenvalue weighted by Crippen LogP contribution is -2.02. The number of benzene rings is 3. The van der Waals surface area contributed by atoms with Gasteiger partial charge in [-0.2, -0.15) is 0 Å². The third kappa shape index (κ3) is 4.05. The van der Waals surface area contributed by atoms with Crippen molar-refractivity contribution in [2.75, 3.05) is 5.75 Å². The Hall–Kier alpha value is -3.18. The van der Waals surface area contributed by atoms with Crippen molar-refractivity contribution >= 4 is 17.5 Å². The van der Waals surface area contributed by atoms with Crippen molar-refractivity contribution in [1.82, 2.24) is 14.8 Å². The maximum absolute atomic E-state index is 12.5. The molecule has 0 bridgehead atoms. The van der Waals surface area contributed by atoms with Crippen LogP contribution in [0.2, 0.25) is 0 Å². The lowest BCUT2D eigenvalue weighted by Gasteiger charge is -2.05. The highest BCUT2D eigenvalue weighted by Gasteiger charge is 2.15. The van der Waals surface area contributed by atoms with E-state index in [1.165, 1.54) is 11.8 Å². The summed E-state index contributed by atoms with van der Waals surface area (Å²) in [6.45, 7) is 2.01. The smallest absolute Gasteiger partial charge is 0.209 e. The SMILES string of the molecule is Cc1ccc(C(=O)CSc2nc(-c3ccccc3)n(-c3ccccc3)n2)cc1. The van der Waals surface area contributed by atoms with E-state index in [1.54, 1.807) is 0 Å². The second kappa shape index (κ2) is 8.23. The molecule has 4 rings (SSSR count). The van der Waals surface area contributed by atoms with Gasteiger partial charge in [-0.3, -0.25) is 4.79 Å². The molecular formula is C23H19N3OS. The van der Waals surface area contributed by atoms with E-state index in [-0.39, 0.29) is 5.78 Å². The van der Waals surface area contributed by atoms with E-state index in [4.69, 9.17) is 4.98 Å². The van der Waals surface area contributed by atoms with Crippen molar-refractivity contribution in [3.05, 3.63) is 96.1 Å². The molecule has 0 aliphatic carbocycles. The van der Waals surface area contributed by atoms with Gasteiger partial charge in [-0.05, 0) is 19.1 Å². The highest BCUT2D eigenvalue weighted by atomic mass is 32.2. The topological polar surface area (TPSA) is 47.8 Å². The number of thioether (sulfide) groups is 1. The van der Waals surface area contributed by atoms with Gasteiger partial charge in [0.05, 0.1) is 11.4 Å². The van der Waals surface area contributed by atoms with Crippen molar-refractivity contribution in [2.24, 2.45) is 0 Å². The van der Waals surface area contributed by atoms with E-state index in [2.05, 4.69) is 5.10 Å². The monoisotopic (exact) mass is 385 g/mol. The Morgan fingerprint density at radius 1 is 0.893 bits per heavy atom. The number of Topliss-reactive ketones (excluding diaryl/α,β-unsaturated/α-hetero) is 1. The Labute approximate surface area is 168 Å². The quantitative estimate of drug-likeness (QED) is 0.337. The van der Waals surface area contributed by atoms with E-state index < -0.39 is 0 Å². The van der Waals surface area contributed by atoms with Gasteiger partial charge in [0, 0.05) is 11.1 Å². The number of aromatic nitrogens is 3. The summed E-state index contributed by atoms with van der Waals surface area (Å²) < 4.78 is 1.83. The van der Waals surface area contributed by atoms with E-state index in [9.17, 15) is 4.79 Å². The molecule has 0 N–H and O–H groups in total. The zero-order valence-corrected chi connectivity index (χ0v) is 16.3. The minimum atomic E-state index is 0.0716. The van der Waals surface area contributed by atoms with Gasteiger partial charge in [0.2, 0.25) is 5.16 Å². The van der Waals surface area contributed by atoms with Crippen molar-refractivity contribution in [3.63, 3.8) is 0 Å². The molecule has 0 aliphatic rings. The van der Waals surface area contributed by atoms with Gasteiger partial charge in [-0.15, -0.1) is 5.10 Å². The fourth-order valence-corrected chi connectivity index (χ4v) is 3.55. The van der Waals surface area contributed by atoms with Crippen LogP contribution in [0.4, 0.5) is 0 Å². The molecule has 0 aliphatic heterocycles. The van der Waals surface area contributed by atoms with Crippen molar-refractivity contribution in [2.45, 2.75) is 12.1 Å². The van der Waals surface area contributed by atoms with Gasteiger partial charge in [0.1, 0.15) is 0 Å². The Morgan fingerprint density at radius 3 is 2.21 bits per heavy atom. The van der Waals surface area contributed by atoms with Crippen molar-refractivity contribution in [1.29, 1.82) is 0 Å². The number of nitrogens with zero attached hydrogens (tertiary/aromatic N) is 3. The lowest BCUT2D eigenvalue weighted by atomic mass is 10.1. The number of para-hydroxylation sites is 1. The standard InChI is InChI=1S/C23H19N3OS/c1-17-12-14-18(15-13-17)21(27)16-28-23-24-22(19-8-4-2-5-9-19)26(25-23)20-10-6-3-7-11-20/h2-15H,16H2,1H3. The summed E-state index contributed by atoms with van der Waals surface area (Å²) in [7, 11) is 0. The first-order valence-corrected chi connectivity index (χ1v) is 10.00. The molecule has 4 nitrogen and oxygen atoms in total. The molecule has 3 aromatic carbocycles. The average molecular weight is 385 g/mol. The Kier molecular flexibility index (Phi) is 5.35. The molecule has 28 heavy (non-hydrogen) atoms. The van der Waals surface area contributed by atoms with Crippen LogP contribution in [0.3, 0.4) is 0 Å². The first-order chi connectivity index (χ1) is 13.7. The Balaban J connectivity index is 1.60. The average Bonchev–Trinajstić information content (AvgIpc) is 3.18. The van der Waals surface area contributed by atoms with Crippen LogP contribution in [0, 0.1) is 6.92 Å². The number of hydrogen-bond donors (Lipinski definition) is 0. The van der Waals surface area contributed by atoms with Crippen molar-refractivity contribution in [3.8, 4) is 17.1 Å². The molecule has 0 amide bonds. The van der Waals surface area contributed by atoms with Gasteiger partial charge in [-0.25, -0.2) is 9.67 Å². The molecule has 0 fully saturated rings. The molecule has 138 valence electrons. The van der Waals surface area contributed by atoms with E-state index in [0.29, 0.717) is 16.5 Å². The maximum Gasteiger partial charge on any atom is 0.209 e. The van der Waals surface area contributed by atoms with Crippen LogP contribution in [0.1, 0.15) is 15.9 Å². The summed E-state index contributed by atoms with van der Waals surface area (Å²) >= 11 is 1.36. The third-order valence-electron chi connectivity index (χ3n) is 4.33. The van der Waals surface area contributed by atoms with Crippen LogP contribution < -0.4 is 0 Å². The van der Waals surface area contributed by atoms with E-state index >= 15 is 0 Å². The number of rotatable bonds is 6. The normalized spacial score (nSPS) is 10.8. The molecule has 0 unspecified atom stereocenters. The zero-order chi connectivity index (χ0) is 19.3. The maximum atomic E-state index is 12.5. The fourth-order valence-electron chi connectivity index (χ4n) is 2.83. The first kappa shape index (κ1) is 18.2. The van der Waals surface area contributed by atoms with Gasteiger partial charge in [0.15, 0.2) is 11.6 Å². The molecule has 1 aromatic heterocycles. The summed E-state index contributed by atoms with van der Waals surface area (Å²) in [5, 5.41) is 5.24. The molecule has 0 saturated heterocycles. The van der Waals surface area contributed by atoms with Gasteiger partial charge in [0.25, 0.3) is 0 Å². The minimum Gasteiger partial charge on any atom is -0.293 e. The Morgan fingerprint density at radius 2 is 1.54 bits per heavy atom. The van der Waals surface area contributed by atoms with Gasteiger partial charge in [-0.1, -0.05) is 90.1 Å². The Bertz CT molecular complexity index is 1020. The minimum absolute atomic E-state index is 0.0716. The highest BCUT2D eigenvalue weighted by Crippen LogP contribution is 2.25. The van der Waals surface area contributed by atoms with Crippen LogP contribution in [-0.2, 0) is 0 Å². The molecule has 0 spiro atoms. The molecule has 1 heterocycles. The number of aryl methyl sites for hydroxylation is 1. The molecule has 0 radical (unpaired) electrons. The van der Waals surface area contributed by atoms with Gasteiger partial charge < -0.3 is 0 Å². The number of ketones is 1. The predicted octanol–water partition coefficient (Wildman–Crippen LogP) is 5.22. The van der Waals surface area contributed by atoms with Crippen LogP contribution in [0.25, 0.3) is 17.1 Å². The summed E-state index contributed by atoms with van der Waals surface area (Å²) in [5.41, 5.74) is 3.77. The van der Waals surface area contributed by atoms with Crippen LogP contribution in [-0.4, -0.2) is 26.3 Å². The molecule has 0 saturated carbocycles. The first-order valence-electron chi connectivity index (χ1n) is 9.01. The number of hydrogen-bond acceptors (Lipinski definition) is 4. The fraction of sp³-hybridized carbons (Fsp3) is 0.0870. The van der Waals surface area contributed by atoms with Crippen LogP contribution in [0.5, 0.6) is 0 Å². The highest BCUT2D eigenvalue weighted by molar-refractivity contribution is 7.99. The lowest BCUT2D eigenvalue weighted by molar-refractivity contribution is 0.102. The van der Waals surface area contributed by atoms with Gasteiger partial charge >= 0.3 is 0 Å². The number of carbonyl (C=O) groups excluding carboxylic acids is 1. The summed E-state index contributed by atoms with van der Waals surface area (Å²) in [4.78, 5) is 17.2. The molecule has 4 aromatic rings. The van der Waals surface area contributed by atoms with Crippen LogP contribution in [0.15, 0.2) is 90.1 Å². The van der Waals surface area contributed by atoms with Crippen molar-refractivity contribution < 1.29 is 4.79 Å². The molecular weight excluding hydrogens is 366 g/mol.